The standard InChI is InChI=1S/C13H16FNOS2/c1-9-2-3-10(14)6-12(9)13(16)15-7-11-8-17-4-5-18-11/h2-3,6,11H,4-5,7-8H2,1H3,(H,15,16). The fourth-order valence-electron chi connectivity index (χ4n) is 1.80. The van der Waals surface area contributed by atoms with Gasteiger partial charge >= 0.3 is 0 Å². The van der Waals surface area contributed by atoms with E-state index < -0.39 is 0 Å². The molecule has 0 aromatic heterocycles. The molecule has 0 saturated carbocycles. The van der Waals surface area contributed by atoms with E-state index in [4.69, 9.17) is 0 Å². The number of amides is 1. The first kappa shape index (κ1) is 13.7. The minimum atomic E-state index is -0.367. The Balaban J connectivity index is 1.92. The van der Waals surface area contributed by atoms with Gasteiger partial charge in [0.2, 0.25) is 0 Å². The summed E-state index contributed by atoms with van der Waals surface area (Å²) in [5.74, 6) is 2.87. The third-order valence-electron chi connectivity index (χ3n) is 2.82. The maximum atomic E-state index is 13.1. The van der Waals surface area contributed by atoms with Crippen molar-refractivity contribution >= 4 is 29.4 Å². The van der Waals surface area contributed by atoms with Gasteiger partial charge in [0.1, 0.15) is 5.82 Å². The fourth-order valence-corrected chi connectivity index (χ4v) is 4.41. The normalized spacial score (nSPS) is 19.6. The molecule has 1 saturated heterocycles. The second kappa shape index (κ2) is 6.48. The number of benzene rings is 1. The summed E-state index contributed by atoms with van der Waals surface area (Å²) in [7, 11) is 0. The van der Waals surface area contributed by atoms with Crippen LogP contribution >= 0.6 is 23.5 Å². The van der Waals surface area contributed by atoms with Crippen LogP contribution in [0.15, 0.2) is 18.2 Å². The van der Waals surface area contributed by atoms with Gasteiger partial charge in [0.15, 0.2) is 0 Å². The summed E-state index contributed by atoms with van der Waals surface area (Å²) < 4.78 is 13.1. The van der Waals surface area contributed by atoms with E-state index in [2.05, 4.69) is 5.32 Å². The molecule has 1 heterocycles. The number of rotatable bonds is 3. The van der Waals surface area contributed by atoms with Crippen LogP contribution in [0, 0.1) is 12.7 Å². The van der Waals surface area contributed by atoms with E-state index in [1.807, 2.05) is 30.4 Å². The number of aryl methyl sites for hydroxylation is 1. The van der Waals surface area contributed by atoms with Crippen molar-refractivity contribution in [1.82, 2.24) is 5.32 Å². The summed E-state index contributed by atoms with van der Waals surface area (Å²) >= 11 is 3.82. The Hall–Kier alpha value is -0.680. The number of halogens is 1. The average molecular weight is 285 g/mol. The Bertz CT molecular complexity index is 433. The van der Waals surface area contributed by atoms with E-state index in [1.165, 1.54) is 17.9 Å². The zero-order valence-corrected chi connectivity index (χ0v) is 11.9. The molecule has 1 N–H and O–H groups in total. The third-order valence-corrected chi connectivity index (χ3v) is 5.66. The number of hydrogen-bond acceptors (Lipinski definition) is 3. The van der Waals surface area contributed by atoms with Gasteiger partial charge in [0.05, 0.1) is 0 Å². The predicted molar refractivity (Wildman–Crippen MR) is 77.0 cm³/mol. The highest BCUT2D eigenvalue weighted by Gasteiger charge is 2.16. The number of nitrogens with one attached hydrogen (secondary N) is 1. The van der Waals surface area contributed by atoms with E-state index in [-0.39, 0.29) is 11.7 Å². The number of carbonyl (C=O) groups is 1. The summed E-state index contributed by atoms with van der Waals surface area (Å²) in [6, 6.07) is 4.31. The first-order valence-electron chi connectivity index (χ1n) is 5.90. The highest BCUT2D eigenvalue weighted by atomic mass is 32.2. The first-order valence-corrected chi connectivity index (χ1v) is 8.11. The number of hydrogen-bond donors (Lipinski definition) is 1. The van der Waals surface area contributed by atoms with Crippen molar-refractivity contribution in [3.63, 3.8) is 0 Å². The average Bonchev–Trinajstić information content (AvgIpc) is 2.40. The lowest BCUT2D eigenvalue weighted by atomic mass is 10.1. The smallest absolute Gasteiger partial charge is 0.251 e. The van der Waals surface area contributed by atoms with Crippen molar-refractivity contribution in [2.45, 2.75) is 12.2 Å². The van der Waals surface area contributed by atoms with Gasteiger partial charge in [-0.15, -0.1) is 0 Å². The Morgan fingerprint density at radius 3 is 3.06 bits per heavy atom. The Morgan fingerprint density at radius 2 is 2.33 bits per heavy atom. The highest BCUT2D eigenvalue weighted by molar-refractivity contribution is 8.06. The predicted octanol–water partition coefficient (Wildman–Crippen LogP) is 2.71. The zero-order chi connectivity index (χ0) is 13.0. The molecule has 2 nitrogen and oxygen atoms in total. The second-order valence-electron chi connectivity index (χ2n) is 4.24. The molecule has 1 aromatic rings. The quantitative estimate of drug-likeness (QED) is 0.926. The van der Waals surface area contributed by atoms with Crippen LogP contribution in [0.25, 0.3) is 0 Å². The summed E-state index contributed by atoms with van der Waals surface area (Å²) in [6.45, 7) is 2.48. The Labute approximate surface area is 115 Å². The van der Waals surface area contributed by atoms with E-state index in [0.717, 1.165) is 17.1 Å². The molecule has 0 bridgehead atoms. The molecular weight excluding hydrogens is 269 g/mol. The van der Waals surface area contributed by atoms with Crippen LogP contribution < -0.4 is 5.32 Å². The van der Waals surface area contributed by atoms with Crippen molar-refractivity contribution in [1.29, 1.82) is 0 Å². The van der Waals surface area contributed by atoms with E-state index in [9.17, 15) is 9.18 Å². The maximum Gasteiger partial charge on any atom is 0.251 e. The van der Waals surface area contributed by atoms with Crippen molar-refractivity contribution in [2.75, 3.05) is 23.8 Å². The molecule has 1 aliphatic rings. The van der Waals surface area contributed by atoms with Crippen molar-refractivity contribution in [3.8, 4) is 0 Å². The van der Waals surface area contributed by atoms with Gasteiger partial charge in [-0.25, -0.2) is 4.39 Å². The SMILES string of the molecule is Cc1ccc(F)cc1C(=O)NCC1CSCCS1. The van der Waals surface area contributed by atoms with Crippen molar-refractivity contribution in [2.24, 2.45) is 0 Å². The van der Waals surface area contributed by atoms with Crippen LogP contribution in [0.5, 0.6) is 0 Å². The maximum absolute atomic E-state index is 13.1. The van der Waals surface area contributed by atoms with Gasteiger partial charge in [-0.3, -0.25) is 4.79 Å². The molecule has 98 valence electrons. The van der Waals surface area contributed by atoms with Crippen LogP contribution in [0.1, 0.15) is 15.9 Å². The summed E-state index contributed by atoms with van der Waals surface area (Å²) in [5, 5.41) is 3.37. The Morgan fingerprint density at radius 1 is 1.50 bits per heavy atom. The second-order valence-corrected chi connectivity index (χ2v) is 6.80. The molecule has 0 spiro atoms. The van der Waals surface area contributed by atoms with Crippen LogP contribution in [-0.2, 0) is 0 Å². The first-order chi connectivity index (χ1) is 8.66. The molecule has 1 unspecified atom stereocenters. The van der Waals surface area contributed by atoms with Crippen LogP contribution in [0.2, 0.25) is 0 Å². The van der Waals surface area contributed by atoms with E-state index in [0.29, 0.717) is 17.4 Å². The molecule has 0 radical (unpaired) electrons. The monoisotopic (exact) mass is 285 g/mol. The molecule has 1 fully saturated rings. The topological polar surface area (TPSA) is 29.1 Å². The largest absolute Gasteiger partial charge is 0.351 e. The van der Waals surface area contributed by atoms with Gasteiger partial charge in [-0.1, -0.05) is 6.07 Å². The summed E-state index contributed by atoms with van der Waals surface area (Å²) in [5.41, 5.74) is 1.24. The van der Waals surface area contributed by atoms with Crippen LogP contribution in [0.4, 0.5) is 4.39 Å². The van der Waals surface area contributed by atoms with Crippen LogP contribution in [-0.4, -0.2) is 35.0 Å². The Kier molecular flexibility index (Phi) is 4.95. The molecule has 1 amide bonds. The molecular formula is C13H16FNOS2. The van der Waals surface area contributed by atoms with Gasteiger partial charge < -0.3 is 5.32 Å². The lowest BCUT2D eigenvalue weighted by molar-refractivity contribution is 0.0953. The molecule has 18 heavy (non-hydrogen) atoms. The third kappa shape index (κ3) is 3.65. The summed E-state index contributed by atoms with van der Waals surface area (Å²) in [6.07, 6.45) is 0. The minimum absolute atomic E-state index is 0.178. The number of thioether (sulfide) groups is 2. The fraction of sp³-hybridized carbons (Fsp3) is 0.462. The minimum Gasteiger partial charge on any atom is -0.351 e. The molecule has 1 aliphatic heterocycles. The van der Waals surface area contributed by atoms with Gasteiger partial charge in [-0.2, -0.15) is 23.5 Å². The van der Waals surface area contributed by atoms with Crippen molar-refractivity contribution < 1.29 is 9.18 Å². The molecule has 0 aliphatic carbocycles. The van der Waals surface area contributed by atoms with Gasteiger partial charge in [0.25, 0.3) is 5.91 Å². The molecule has 2 rings (SSSR count). The zero-order valence-electron chi connectivity index (χ0n) is 10.2. The molecule has 5 heteroatoms. The van der Waals surface area contributed by atoms with Gasteiger partial charge in [0, 0.05) is 34.6 Å². The van der Waals surface area contributed by atoms with E-state index in [1.54, 1.807) is 6.07 Å². The summed E-state index contributed by atoms with van der Waals surface area (Å²) in [4.78, 5) is 12.0. The van der Waals surface area contributed by atoms with Crippen LogP contribution in [0.3, 0.4) is 0 Å². The lowest BCUT2D eigenvalue weighted by Crippen LogP contribution is -2.33. The molecule has 1 atom stereocenters. The van der Waals surface area contributed by atoms with Crippen molar-refractivity contribution in [3.05, 3.63) is 35.1 Å². The number of carbonyl (C=O) groups excluding carboxylic acids is 1. The van der Waals surface area contributed by atoms with E-state index >= 15 is 0 Å². The van der Waals surface area contributed by atoms with Gasteiger partial charge in [-0.05, 0) is 24.6 Å². The highest BCUT2D eigenvalue weighted by Crippen LogP contribution is 2.23. The molecule has 1 aromatic carbocycles. The lowest BCUT2D eigenvalue weighted by Gasteiger charge is -2.21.